The topological polar surface area (TPSA) is 64.2 Å². The molecule has 0 bridgehead atoms. The molecule has 0 unspecified atom stereocenters. The summed E-state index contributed by atoms with van der Waals surface area (Å²) >= 11 is 0. The highest BCUT2D eigenvalue weighted by atomic mass is 19.4. The first-order chi connectivity index (χ1) is 14.3. The number of hydrogen-bond acceptors (Lipinski definition) is 4. The number of hydrogen-bond donors (Lipinski definition) is 0. The highest BCUT2D eigenvalue weighted by Gasteiger charge is 2.33. The molecule has 3 aromatic rings. The van der Waals surface area contributed by atoms with Crippen LogP contribution in [-0.2, 0) is 12.7 Å². The molecule has 0 N–H and O–H groups in total. The van der Waals surface area contributed by atoms with Crippen LogP contribution >= 0.6 is 0 Å². The quantitative estimate of drug-likeness (QED) is 0.635. The number of amides is 1. The molecule has 1 aromatic carbocycles. The third-order valence-corrected chi connectivity index (χ3v) is 5.54. The Balaban J connectivity index is 1.47. The van der Waals surface area contributed by atoms with E-state index in [-0.39, 0.29) is 23.9 Å². The number of carbonyl (C=O) groups is 1. The molecule has 1 aliphatic heterocycles. The van der Waals surface area contributed by atoms with Crippen LogP contribution in [0, 0.1) is 6.92 Å². The maximum absolute atomic E-state index is 13.3. The molecule has 1 aliphatic rings. The van der Waals surface area contributed by atoms with Crippen molar-refractivity contribution >= 4 is 5.91 Å². The Labute approximate surface area is 171 Å². The van der Waals surface area contributed by atoms with Crippen molar-refractivity contribution in [3.63, 3.8) is 0 Å². The van der Waals surface area contributed by atoms with E-state index < -0.39 is 11.7 Å². The van der Waals surface area contributed by atoms with Gasteiger partial charge >= 0.3 is 6.18 Å². The largest absolute Gasteiger partial charge is 0.416 e. The molecule has 4 rings (SSSR count). The normalized spacial score (nSPS) is 15.5. The standard InChI is InChI=1S/C21H21F3N4O2/c1-14-17(13-30-26-14)20(29)27-9-6-15(7-10-27)19-25-8-11-28(19)12-16-4-2-3-5-18(16)21(22,23)24/h2-5,8,11,13,15H,6-7,9-10,12H2,1H3. The SMILES string of the molecule is Cc1nocc1C(=O)N1CCC(c2nccn2Cc2ccccc2C(F)(F)F)CC1. The molecule has 0 radical (unpaired) electrons. The van der Waals surface area contributed by atoms with E-state index in [2.05, 4.69) is 10.1 Å². The van der Waals surface area contributed by atoms with Gasteiger partial charge in [0.05, 0.1) is 11.3 Å². The lowest BCUT2D eigenvalue weighted by Gasteiger charge is -2.31. The van der Waals surface area contributed by atoms with E-state index in [1.54, 1.807) is 34.9 Å². The van der Waals surface area contributed by atoms with Gasteiger partial charge in [-0.1, -0.05) is 23.4 Å². The summed E-state index contributed by atoms with van der Waals surface area (Å²) in [6.45, 7) is 2.91. The molecule has 6 nitrogen and oxygen atoms in total. The lowest BCUT2D eigenvalue weighted by molar-refractivity contribution is -0.138. The van der Waals surface area contributed by atoms with Gasteiger partial charge in [0.25, 0.3) is 5.91 Å². The van der Waals surface area contributed by atoms with Gasteiger partial charge in [0, 0.05) is 37.9 Å². The molecule has 0 saturated carbocycles. The number of imidazole rings is 1. The number of piperidine rings is 1. The number of aromatic nitrogens is 3. The fourth-order valence-corrected chi connectivity index (χ4v) is 3.94. The molecule has 0 aliphatic carbocycles. The second kappa shape index (κ2) is 7.97. The molecule has 158 valence electrons. The minimum Gasteiger partial charge on any atom is -0.364 e. The van der Waals surface area contributed by atoms with Crippen molar-refractivity contribution in [2.45, 2.75) is 38.4 Å². The first-order valence-electron chi connectivity index (χ1n) is 9.71. The van der Waals surface area contributed by atoms with Crippen LogP contribution in [0.25, 0.3) is 0 Å². The Bertz CT molecular complexity index is 1030. The maximum Gasteiger partial charge on any atom is 0.416 e. The van der Waals surface area contributed by atoms with E-state index in [0.717, 1.165) is 11.9 Å². The fourth-order valence-electron chi connectivity index (χ4n) is 3.94. The molecule has 1 fully saturated rings. The summed E-state index contributed by atoms with van der Waals surface area (Å²) in [5, 5.41) is 3.75. The van der Waals surface area contributed by atoms with Gasteiger partial charge in [-0.25, -0.2) is 4.98 Å². The number of alkyl halides is 3. The molecule has 3 heterocycles. The number of benzene rings is 1. The molecule has 1 amide bonds. The molecule has 30 heavy (non-hydrogen) atoms. The minimum atomic E-state index is -4.40. The van der Waals surface area contributed by atoms with Crippen LogP contribution in [0.15, 0.2) is 47.4 Å². The van der Waals surface area contributed by atoms with Crippen molar-refractivity contribution in [3.05, 3.63) is 71.1 Å². The van der Waals surface area contributed by atoms with Crippen LogP contribution in [0.3, 0.4) is 0 Å². The zero-order chi connectivity index (χ0) is 21.3. The number of nitrogens with zero attached hydrogens (tertiary/aromatic N) is 4. The Morgan fingerprint density at radius 3 is 2.63 bits per heavy atom. The fraction of sp³-hybridized carbons (Fsp3) is 0.381. The van der Waals surface area contributed by atoms with Crippen LogP contribution in [0.4, 0.5) is 13.2 Å². The summed E-state index contributed by atoms with van der Waals surface area (Å²) in [5.74, 6) is 0.709. The van der Waals surface area contributed by atoms with Crippen molar-refractivity contribution in [2.75, 3.05) is 13.1 Å². The second-order valence-corrected chi connectivity index (χ2v) is 7.45. The van der Waals surface area contributed by atoms with E-state index in [0.29, 0.717) is 37.2 Å². The van der Waals surface area contributed by atoms with Crippen molar-refractivity contribution in [2.24, 2.45) is 0 Å². The van der Waals surface area contributed by atoms with E-state index in [1.807, 2.05) is 0 Å². The minimum absolute atomic E-state index is 0.0747. The van der Waals surface area contributed by atoms with Gasteiger partial charge in [-0.15, -0.1) is 0 Å². The molecule has 9 heteroatoms. The number of rotatable bonds is 4. The Hall–Kier alpha value is -3.10. The Morgan fingerprint density at radius 2 is 1.97 bits per heavy atom. The second-order valence-electron chi connectivity index (χ2n) is 7.45. The van der Waals surface area contributed by atoms with E-state index >= 15 is 0 Å². The molecular weight excluding hydrogens is 397 g/mol. The lowest BCUT2D eigenvalue weighted by Crippen LogP contribution is -2.38. The predicted molar refractivity (Wildman–Crippen MR) is 102 cm³/mol. The summed E-state index contributed by atoms with van der Waals surface area (Å²) in [5.41, 5.74) is 0.591. The molecule has 0 atom stereocenters. The number of halogens is 3. The predicted octanol–water partition coefficient (Wildman–Crippen LogP) is 4.27. The van der Waals surface area contributed by atoms with E-state index in [1.165, 1.54) is 18.4 Å². The highest BCUT2D eigenvalue weighted by Crippen LogP contribution is 2.33. The number of likely N-dealkylation sites (tertiary alicyclic amines) is 1. The van der Waals surface area contributed by atoms with Crippen LogP contribution < -0.4 is 0 Å². The van der Waals surface area contributed by atoms with Gasteiger partial charge in [-0.05, 0) is 31.4 Å². The third kappa shape index (κ3) is 3.96. The van der Waals surface area contributed by atoms with Crippen LogP contribution in [0.5, 0.6) is 0 Å². The lowest BCUT2D eigenvalue weighted by atomic mass is 9.95. The average Bonchev–Trinajstić information content (AvgIpc) is 3.36. The smallest absolute Gasteiger partial charge is 0.364 e. The zero-order valence-corrected chi connectivity index (χ0v) is 16.4. The molecule has 0 spiro atoms. The highest BCUT2D eigenvalue weighted by molar-refractivity contribution is 5.94. The van der Waals surface area contributed by atoms with Gasteiger partial charge in [0.1, 0.15) is 17.7 Å². The molecule has 1 saturated heterocycles. The van der Waals surface area contributed by atoms with Crippen molar-refractivity contribution in [1.29, 1.82) is 0 Å². The number of aryl methyl sites for hydroxylation is 1. The van der Waals surface area contributed by atoms with Crippen LogP contribution in [-0.4, -0.2) is 38.6 Å². The van der Waals surface area contributed by atoms with Crippen LogP contribution in [0.2, 0.25) is 0 Å². The van der Waals surface area contributed by atoms with Crippen molar-refractivity contribution < 1.29 is 22.5 Å². The monoisotopic (exact) mass is 418 g/mol. The Kier molecular flexibility index (Phi) is 5.36. The van der Waals surface area contributed by atoms with Gasteiger partial charge < -0.3 is 14.0 Å². The summed E-state index contributed by atoms with van der Waals surface area (Å²) in [7, 11) is 0. The summed E-state index contributed by atoms with van der Waals surface area (Å²) in [4.78, 5) is 18.8. The third-order valence-electron chi connectivity index (χ3n) is 5.54. The molecular formula is C21H21F3N4O2. The van der Waals surface area contributed by atoms with Crippen LogP contribution in [0.1, 0.15) is 51.8 Å². The number of carbonyl (C=O) groups excluding carboxylic acids is 1. The average molecular weight is 418 g/mol. The van der Waals surface area contributed by atoms with Gasteiger partial charge in [0.2, 0.25) is 0 Å². The van der Waals surface area contributed by atoms with Gasteiger partial charge in [-0.2, -0.15) is 13.2 Å². The van der Waals surface area contributed by atoms with Gasteiger partial charge in [-0.3, -0.25) is 4.79 Å². The summed E-state index contributed by atoms with van der Waals surface area (Å²) < 4.78 is 46.6. The van der Waals surface area contributed by atoms with Crippen molar-refractivity contribution in [1.82, 2.24) is 19.6 Å². The van der Waals surface area contributed by atoms with E-state index in [4.69, 9.17) is 4.52 Å². The van der Waals surface area contributed by atoms with E-state index in [9.17, 15) is 18.0 Å². The van der Waals surface area contributed by atoms with Crippen molar-refractivity contribution in [3.8, 4) is 0 Å². The first-order valence-corrected chi connectivity index (χ1v) is 9.71. The maximum atomic E-state index is 13.3. The van der Waals surface area contributed by atoms with Gasteiger partial charge in [0.15, 0.2) is 0 Å². The first kappa shape index (κ1) is 20.2. The zero-order valence-electron chi connectivity index (χ0n) is 16.4. The summed E-state index contributed by atoms with van der Waals surface area (Å²) in [6.07, 6.45) is 1.66. The Morgan fingerprint density at radius 1 is 1.23 bits per heavy atom. The molecule has 2 aromatic heterocycles. The summed E-state index contributed by atoms with van der Waals surface area (Å²) in [6, 6.07) is 5.60.